The van der Waals surface area contributed by atoms with Crippen molar-refractivity contribution in [2.24, 2.45) is 5.92 Å². The second-order valence-electron chi connectivity index (χ2n) is 5.70. The van der Waals surface area contributed by atoms with Crippen LogP contribution in [0.5, 0.6) is 0 Å². The molecule has 0 radical (unpaired) electrons. The van der Waals surface area contributed by atoms with Crippen molar-refractivity contribution in [2.75, 3.05) is 25.4 Å². The Morgan fingerprint density at radius 1 is 1.35 bits per heavy atom. The number of aliphatic hydroxyl groups is 1. The first-order chi connectivity index (χ1) is 8.28. The van der Waals surface area contributed by atoms with Crippen LogP contribution >= 0.6 is 11.8 Å². The van der Waals surface area contributed by atoms with E-state index < -0.39 is 0 Å². The monoisotopic (exact) mass is 257 g/mol. The lowest BCUT2D eigenvalue weighted by Gasteiger charge is -2.33. The van der Waals surface area contributed by atoms with Gasteiger partial charge < -0.3 is 5.11 Å². The van der Waals surface area contributed by atoms with E-state index in [9.17, 15) is 5.11 Å². The zero-order chi connectivity index (χ0) is 12.1. The third kappa shape index (κ3) is 4.46. The fraction of sp³-hybridized carbons (Fsp3) is 1.00. The summed E-state index contributed by atoms with van der Waals surface area (Å²) in [6.45, 7) is 5.54. The second-order valence-corrected chi connectivity index (χ2v) is 7.11. The molecule has 1 aliphatic heterocycles. The lowest BCUT2D eigenvalue weighted by atomic mass is 10.00. The maximum atomic E-state index is 10.2. The van der Waals surface area contributed by atoms with E-state index in [0.717, 1.165) is 24.1 Å². The highest BCUT2D eigenvalue weighted by Gasteiger charge is 2.23. The molecular weight excluding hydrogens is 230 g/mol. The molecule has 1 aliphatic carbocycles. The standard InChI is InChI=1S/C14H27NOS/c1-2-14-11-15(7-8-17-14)10-13(16)9-12-5-3-4-6-12/h12-14,16H,2-11H2,1H3. The molecule has 2 atom stereocenters. The van der Waals surface area contributed by atoms with Crippen molar-refractivity contribution in [3.05, 3.63) is 0 Å². The van der Waals surface area contributed by atoms with E-state index in [4.69, 9.17) is 0 Å². The van der Waals surface area contributed by atoms with Gasteiger partial charge in [0.2, 0.25) is 0 Å². The Morgan fingerprint density at radius 2 is 2.12 bits per heavy atom. The summed E-state index contributed by atoms with van der Waals surface area (Å²) in [4.78, 5) is 2.48. The predicted molar refractivity (Wildman–Crippen MR) is 75.6 cm³/mol. The average molecular weight is 257 g/mol. The summed E-state index contributed by atoms with van der Waals surface area (Å²) in [5.41, 5.74) is 0. The summed E-state index contributed by atoms with van der Waals surface area (Å²) >= 11 is 2.10. The number of thioether (sulfide) groups is 1. The maximum Gasteiger partial charge on any atom is 0.0669 e. The van der Waals surface area contributed by atoms with Gasteiger partial charge in [-0.15, -0.1) is 0 Å². The smallest absolute Gasteiger partial charge is 0.0669 e. The molecule has 17 heavy (non-hydrogen) atoms. The first-order valence-electron chi connectivity index (χ1n) is 7.30. The second kappa shape index (κ2) is 7.01. The van der Waals surface area contributed by atoms with E-state index in [-0.39, 0.29) is 6.10 Å². The van der Waals surface area contributed by atoms with Crippen molar-refractivity contribution in [3.63, 3.8) is 0 Å². The van der Waals surface area contributed by atoms with E-state index in [1.165, 1.54) is 50.9 Å². The van der Waals surface area contributed by atoms with Crippen LogP contribution in [0.15, 0.2) is 0 Å². The third-order valence-corrected chi connectivity index (χ3v) is 5.60. The van der Waals surface area contributed by atoms with E-state index >= 15 is 0 Å². The molecule has 1 saturated carbocycles. The Bertz CT molecular complexity index is 218. The van der Waals surface area contributed by atoms with Crippen molar-refractivity contribution < 1.29 is 5.11 Å². The highest BCUT2D eigenvalue weighted by atomic mass is 32.2. The van der Waals surface area contributed by atoms with Crippen LogP contribution in [-0.2, 0) is 0 Å². The normalized spacial score (nSPS) is 29.6. The third-order valence-electron chi connectivity index (χ3n) is 4.23. The minimum atomic E-state index is -0.0845. The number of rotatable bonds is 5. The van der Waals surface area contributed by atoms with Gasteiger partial charge in [-0.25, -0.2) is 0 Å². The summed E-state index contributed by atoms with van der Waals surface area (Å²) in [7, 11) is 0. The topological polar surface area (TPSA) is 23.5 Å². The summed E-state index contributed by atoms with van der Waals surface area (Å²) < 4.78 is 0. The van der Waals surface area contributed by atoms with Crippen LogP contribution in [0, 0.1) is 5.92 Å². The van der Waals surface area contributed by atoms with Gasteiger partial charge in [0.1, 0.15) is 0 Å². The lowest BCUT2D eigenvalue weighted by Crippen LogP contribution is -2.42. The molecule has 0 aromatic heterocycles. The summed E-state index contributed by atoms with van der Waals surface area (Å²) in [5.74, 6) is 2.06. The van der Waals surface area contributed by atoms with Crippen molar-refractivity contribution in [1.82, 2.24) is 4.90 Å². The minimum absolute atomic E-state index is 0.0845. The zero-order valence-electron chi connectivity index (χ0n) is 11.1. The van der Waals surface area contributed by atoms with Crippen LogP contribution in [0.4, 0.5) is 0 Å². The fourth-order valence-corrected chi connectivity index (χ4v) is 4.45. The van der Waals surface area contributed by atoms with Gasteiger partial charge in [0.25, 0.3) is 0 Å². The van der Waals surface area contributed by atoms with Gasteiger partial charge in [0.15, 0.2) is 0 Å². The molecule has 3 heteroatoms. The van der Waals surface area contributed by atoms with Crippen LogP contribution in [0.3, 0.4) is 0 Å². The quantitative estimate of drug-likeness (QED) is 0.819. The molecule has 0 spiro atoms. The zero-order valence-corrected chi connectivity index (χ0v) is 11.9. The molecule has 1 heterocycles. The maximum absolute atomic E-state index is 10.2. The van der Waals surface area contributed by atoms with E-state index in [2.05, 4.69) is 23.6 Å². The van der Waals surface area contributed by atoms with Crippen LogP contribution < -0.4 is 0 Å². The van der Waals surface area contributed by atoms with Crippen molar-refractivity contribution in [3.8, 4) is 0 Å². The molecule has 0 amide bonds. The van der Waals surface area contributed by atoms with Gasteiger partial charge in [-0.05, 0) is 18.8 Å². The number of aliphatic hydroxyl groups excluding tert-OH is 1. The molecule has 2 aliphatic rings. The predicted octanol–water partition coefficient (Wildman–Crippen LogP) is 2.76. The van der Waals surface area contributed by atoms with Crippen LogP contribution in [0.1, 0.15) is 45.4 Å². The largest absolute Gasteiger partial charge is 0.392 e. The molecule has 2 fully saturated rings. The minimum Gasteiger partial charge on any atom is -0.392 e. The highest BCUT2D eigenvalue weighted by molar-refractivity contribution is 8.00. The molecule has 1 saturated heterocycles. The molecule has 2 rings (SSSR count). The van der Waals surface area contributed by atoms with Gasteiger partial charge in [-0.3, -0.25) is 4.90 Å². The number of nitrogens with zero attached hydrogens (tertiary/aromatic N) is 1. The number of hydrogen-bond acceptors (Lipinski definition) is 3. The van der Waals surface area contributed by atoms with Crippen molar-refractivity contribution in [1.29, 1.82) is 0 Å². The number of β-amino-alcohol motifs (C(OH)–C–C–N with tert-alkyl or cyclic N) is 1. The van der Waals surface area contributed by atoms with Crippen molar-refractivity contribution >= 4 is 11.8 Å². The summed E-state index contributed by atoms with van der Waals surface area (Å²) in [6.07, 6.45) is 7.69. The molecule has 2 unspecified atom stereocenters. The van der Waals surface area contributed by atoms with Crippen molar-refractivity contribution in [2.45, 2.75) is 56.8 Å². The Balaban J connectivity index is 1.68. The number of hydrogen-bond donors (Lipinski definition) is 1. The molecule has 0 aromatic rings. The summed E-state index contributed by atoms with van der Waals surface area (Å²) in [5, 5.41) is 11.0. The first kappa shape index (κ1) is 13.7. The fourth-order valence-electron chi connectivity index (χ4n) is 3.20. The van der Waals surface area contributed by atoms with Gasteiger partial charge in [-0.2, -0.15) is 11.8 Å². The van der Waals surface area contributed by atoms with E-state index in [1.807, 2.05) is 0 Å². The summed E-state index contributed by atoms with van der Waals surface area (Å²) in [6, 6.07) is 0. The highest BCUT2D eigenvalue weighted by Crippen LogP contribution is 2.29. The van der Waals surface area contributed by atoms with Gasteiger partial charge in [0.05, 0.1) is 6.10 Å². The Labute approximate surface area is 110 Å². The molecule has 100 valence electrons. The molecule has 0 aromatic carbocycles. The van der Waals surface area contributed by atoms with E-state index in [0.29, 0.717) is 0 Å². The molecule has 1 N–H and O–H groups in total. The lowest BCUT2D eigenvalue weighted by molar-refractivity contribution is 0.0924. The van der Waals surface area contributed by atoms with Gasteiger partial charge in [0, 0.05) is 30.6 Å². The van der Waals surface area contributed by atoms with Gasteiger partial charge >= 0.3 is 0 Å². The molecular formula is C14H27NOS. The van der Waals surface area contributed by atoms with E-state index in [1.54, 1.807) is 0 Å². The van der Waals surface area contributed by atoms with Crippen LogP contribution in [0.2, 0.25) is 0 Å². The Hall–Kier alpha value is 0.270. The Kier molecular flexibility index (Phi) is 5.64. The molecule has 0 bridgehead atoms. The SMILES string of the molecule is CCC1CN(CC(O)CC2CCCC2)CCS1. The van der Waals surface area contributed by atoms with Gasteiger partial charge in [-0.1, -0.05) is 32.6 Å². The van der Waals surface area contributed by atoms with Crippen LogP contribution in [-0.4, -0.2) is 46.7 Å². The molecule has 2 nitrogen and oxygen atoms in total. The average Bonchev–Trinajstić information content (AvgIpc) is 2.82. The first-order valence-corrected chi connectivity index (χ1v) is 8.34. The Morgan fingerprint density at radius 3 is 2.82 bits per heavy atom. The van der Waals surface area contributed by atoms with Crippen LogP contribution in [0.25, 0.3) is 0 Å².